The zero-order valence-electron chi connectivity index (χ0n) is 11.6. The summed E-state index contributed by atoms with van der Waals surface area (Å²) in [6.45, 7) is 8.25. The van der Waals surface area contributed by atoms with Crippen molar-refractivity contribution in [1.82, 2.24) is 10.2 Å². The summed E-state index contributed by atoms with van der Waals surface area (Å²) in [6.07, 6.45) is 3.90. The molecule has 1 heterocycles. The summed E-state index contributed by atoms with van der Waals surface area (Å²) in [4.78, 5) is 2.59. The van der Waals surface area contributed by atoms with Crippen molar-refractivity contribution in [2.45, 2.75) is 32.1 Å². The van der Waals surface area contributed by atoms with Crippen LogP contribution in [0.2, 0.25) is 0 Å². The van der Waals surface area contributed by atoms with Crippen molar-refractivity contribution in [3.63, 3.8) is 0 Å². The van der Waals surface area contributed by atoms with Gasteiger partial charge in [-0.15, -0.1) is 0 Å². The fraction of sp³-hybridized carbons (Fsp3) is 0.625. The molecule has 1 aliphatic heterocycles. The lowest BCUT2D eigenvalue weighted by molar-refractivity contribution is 0.331. The van der Waals surface area contributed by atoms with Crippen molar-refractivity contribution < 1.29 is 0 Å². The Hall–Kier alpha value is -0.860. The molecule has 0 radical (unpaired) electrons. The molecule has 1 aromatic rings. The predicted molar refractivity (Wildman–Crippen MR) is 78.0 cm³/mol. The Bertz CT molecular complexity index is 323. The smallest absolute Gasteiger partial charge is 0.0107 e. The fourth-order valence-corrected chi connectivity index (χ4v) is 2.70. The lowest BCUT2D eigenvalue weighted by Crippen LogP contribution is -2.30. The normalized spacial score (nSPS) is 20.4. The first kappa shape index (κ1) is 13.6. The Labute approximate surface area is 111 Å². The molecule has 0 bridgehead atoms. The molecule has 1 saturated heterocycles. The lowest BCUT2D eigenvalue weighted by Gasteiger charge is -2.16. The molecule has 2 heteroatoms. The van der Waals surface area contributed by atoms with E-state index in [-0.39, 0.29) is 0 Å². The van der Waals surface area contributed by atoms with Crippen LogP contribution in [0.5, 0.6) is 0 Å². The molecule has 1 aliphatic rings. The van der Waals surface area contributed by atoms with E-state index in [0.717, 1.165) is 12.5 Å². The van der Waals surface area contributed by atoms with Crippen molar-refractivity contribution in [3.8, 4) is 0 Å². The zero-order chi connectivity index (χ0) is 12.6. The fourth-order valence-electron chi connectivity index (χ4n) is 2.70. The second-order valence-electron chi connectivity index (χ2n) is 5.30. The highest BCUT2D eigenvalue weighted by molar-refractivity contribution is 5.20. The summed E-state index contributed by atoms with van der Waals surface area (Å²) in [7, 11) is 0. The van der Waals surface area contributed by atoms with Gasteiger partial charge in [0.05, 0.1) is 0 Å². The number of nitrogens with one attached hydrogen (secondary N) is 1. The first-order chi connectivity index (χ1) is 8.90. The zero-order valence-corrected chi connectivity index (χ0v) is 11.6. The predicted octanol–water partition coefficient (Wildman–Crippen LogP) is 2.87. The van der Waals surface area contributed by atoms with E-state index in [0.29, 0.717) is 0 Å². The lowest BCUT2D eigenvalue weighted by atomic mass is 9.99. The van der Waals surface area contributed by atoms with Gasteiger partial charge in [0.1, 0.15) is 0 Å². The van der Waals surface area contributed by atoms with Crippen molar-refractivity contribution >= 4 is 0 Å². The molecule has 0 spiro atoms. The number of hydrogen-bond acceptors (Lipinski definition) is 2. The Morgan fingerprint density at radius 1 is 1.22 bits per heavy atom. The Morgan fingerprint density at radius 3 is 2.83 bits per heavy atom. The SMILES string of the molecule is CCCCNCCN1CCC(c2ccccc2)C1. The highest BCUT2D eigenvalue weighted by Gasteiger charge is 2.22. The van der Waals surface area contributed by atoms with Crippen molar-refractivity contribution in [3.05, 3.63) is 35.9 Å². The van der Waals surface area contributed by atoms with Crippen LogP contribution in [-0.2, 0) is 0 Å². The molecule has 18 heavy (non-hydrogen) atoms. The number of unbranched alkanes of at least 4 members (excludes halogenated alkanes) is 1. The molecule has 0 aliphatic carbocycles. The largest absolute Gasteiger partial charge is 0.315 e. The summed E-state index contributed by atoms with van der Waals surface area (Å²) < 4.78 is 0. The van der Waals surface area contributed by atoms with E-state index >= 15 is 0 Å². The second-order valence-corrected chi connectivity index (χ2v) is 5.30. The monoisotopic (exact) mass is 246 g/mol. The Balaban J connectivity index is 1.66. The Morgan fingerprint density at radius 2 is 2.06 bits per heavy atom. The molecule has 0 aromatic heterocycles. The van der Waals surface area contributed by atoms with E-state index in [2.05, 4.69) is 47.5 Å². The minimum absolute atomic E-state index is 0.752. The summed E-state index contributed by atoms with van der Waals surface area (Å²) in [6, 6.07) is 11.0. The molecular weight excluding hydrogens is 220 g/mol. The van der Waals surface area contributed by atoms with Crippen LogP contribution < -0.4 is 5.32 Å². The van der Waals surface area contributed by atoms with Crippen LogP contribution in [0.25, 0.3) is 0 Å². The van der Waals surface area contributed by atoms with Gasteiger partial charge in [-0.25, -0.2) is 0 Å². The van der Waals surface area contributed by atoms with Gasteiger partial charge in [0.2, 0.25) is 0 Å². The van der Waals surface area contributed by atoms with Gasteiger partial charge in [-0.3, -0.25) is 0 Å². The Kier molecular flexibility index (Phi) is 5.69. The first-order valence-corrected chi connectivity index (χ1v) is 7.38. The third kappa shape index (κ3) is 4.11. The molecule has 100 valence electrons. The number of nitrogens with zero attached hydrogens (tertiary/aromatic N) is 1. The van der Waals surface area contributed by atoms with Gasteiger partial charge in [-0.2, -0.15) is 0 Å². The highest BCUT2D eigenvalue weighted by Crippen LogP contribution is 2.26. The van der Waals surface area contributed by atoms with Crippen LogP contribution >= 0.6 is 0 Å². The maximum Gasteiger partial charge on any atom is 0.0107 e. The maximum absolute atomic E-state index is 3.53. The highest BCUT2D eigenvalue weighted by atomic mass is 15.2. The number of likely N-dealkylation sites (tertiary alicyclic amines) is 1. The minimum Gasteiger partial charge on any atom is -0.315 e. The quantitative estimate of drug-likeness (QED) is 0.744. The van der Waals surface area contributed by atoms with Crippen LogP contribution in [0.15, 0.2) is 30.3 Å². The molecule has 0 amide bonds. The molecule has 1 N–H and O–H groups in total. The number of benzene rings is 1. The number of hydrogen-bond donors (Lipinski definition) is 1. The van der Waals surface area contributed by atoms with E-state index in [1.165, 1.54) is 51.0 Å². The molecule has 2 nitrogen and oxygen atoms in total. The summed E-state index contributed by atoms with van der Waals surface area (Å²) >= 11 is 0. The third-order valence-corrected chi connectivity index (χ3v) is 3.86. The van der Waals surface area contributed by atoms with Crippen molar-refractivity contribution in [2.75, 3.05) is 32.7 Å². The third-order valence-electron chi connectivity index (χ3n) is 3.86. The topological polar surface area (TPSA) is 15.3 Å². The summed E-state index contributed by atoms with van der Waals surface area (Å²) in [5, 5.41) is 3.53. The maximum atomic E-state index is 3.53. The van der Waals surface area contributed by atoms with E-state index < -0.39 is 0 Å². The molecule has 2 rings (SSSR count). The second kappa shape index (κ2) is 7.55. The van der Waals surface area contributed by atoms with E-state index in [1.54, 1.807) is 0 Å². The van der Waals surface area contributed by atoms with Gasteiger partial charge in [0, 0.05) is 19.6 Å². The molecule has 1 unspecified atom stereocenters. The van der Waals surface area contributed by atoms with E-state index in [4.69, 9.17) is 0 Å². The molecule has 1 atom stereocenters. The van der Waals surface area contributed by atoms with Crippen LogP contribution in [-0.4, -0.2) is 37.6 Å². The van der Waals surface area contributed by atoms with Crippen LogP contribution in [0.3, 0.4) is 0 Å². The van der Waals surface area contributed by atoms with Crippen LogP contribution in [0.1, 0.15) is 37.7 Å². The number of rotatable bonds is 7. The van der Waals surface area contributed by atoms with Crippen LogP contribution in [0.4, 0.5) is 0 Å². The molecule has 1 aromatic carbocycles. The van der Waals surface area contributed by atoms with Gasteiger partial charge < -0.3 is 10.2 Å². The van der Waals surface area contributed by atoms with Gasteiger partial charge in [-0.1, -0.05) is 43.7 Å². The minimum atomic E-state index is 0.752. The average molecular weight is 246 g/mol. The van der Waals surface area contributed by atoms with E-state index in [1.807, 2.05) is 0 Å². The van der Waals surface area contributed by atoms with E-state index in [9.17, 15) is 0 Å². The first-order valence-electron chi connectivity index (χ1n) is 7.38. The van der Waals surface area contributed by atoms with Crippen molar-refractivity contribution in [1.29, 1.82) is 0 Å². The molecule has 1 fully saturated rings. The van der Waals surface area contributed by atoms with Crippen molar-refractivity contribution in [2.24, 2.45) is 0 Å². The van der Waals surface area contributed by atoms with Gasteiger partial charge in [0.15, 0.2) is 0 Å². The van der Waals surface area contributed by atoms with Gasteiger partial charge >= 0.3 is 0 Å². The summed E-state index contributed by atoms with van der Waals surface area (Å²) in [5.41, 5.74) is 1.51. The van der Waals surface area contributed by atoms with Gasteiger partial charge in [-0.05, 0) is 37.4 Å². The summed E-state index contributed by atoms with van der Waals surface area (Å²) in [5.74, 6) is 0.752. The molecule has 0 saturated carbocycles. The van der Waals surface area contributed by atoms with Gasteiger partial charge in [0.25, 0.3) is 0 Å². The average Bonchev–Trinajstić information content (AvgIpc) is 2.88. The molecular formula is C16H26N2. The standard InChI is InChI=1S/C16H26N2/c1-2-3-10-17-11-13-18-12-9-16(14-18)15-7-5-4-6-8-15/h4-8,16-17H,2-3,9-14H2,1H3. The van der Waals surface area contributed by atoms with Crippen LogP contribution in [0, 0.1) is 0 Å².